The Kier molecular flexibility index (Phi) is 8.55. The van der Waals surface area contributed by atoms with Crippen LogP contribution in [0.2, 0.25) is 0 Å². The molecule has 0 radical (unpaired) electrons. The number of aliphatic hydroxyl groups excluding tert-OH is 1. The van der Waals surface area contributed by atoms with Crippen molar-refractivity contribution in [2.75, 3.05) is 13.7 Å². The molecular formula is C28H28F3NO6. The monoisotopic (exact) mass is 531 g/mol. The fraction of sp³-hybridized carbons (Fsp3) is 0.321. The van der Waals surface area contributed by atoms with E-state index in [0.717, 1.165) is 5.56 Å². The van der Waals surface area contributed by atoms with Crippen molar-refractivity contribution in [2.45, 2.75) is 44.1 Å². The molecule has 2 N–H and O–H groups in total. The van der Waals surface area contributed by atoms with E-state index in [-0.39, 0.29) is 19.6 Å². The minimum Gasteiger partial charge on any atom is -0.493 e. The number of nitrogens with zero attached hydrogens (tertiary/aromatic N) is 1. The van der Waals surface area contributed by atoms with Crippen molar-refractivity contribution >= 4 is 5.97 Å². The average Bonchev–Trinajstić information content (AvgIpc) is 2.91. The Hall–Kier alpha value is -3.60. The van der Waals surface area contributed by atoms with Gasteiger partial charge in [-0.3, -0.25) is 9.69 Å². The Morgan fingerprint density at radius 2 is 1.71 bits per heavy atom. The zero-order valence-corrected chi connectivity index (χ0v) is 20.6. The first-order valence-corrected chi connectivity index (χ1v) is 11.9. The third kappa shape index (κ3) is 6.45. The molecule has 202 valence electrons. The topological polar surface area (TPSA) is 88.5 Å². The number of aliphatic carboxylic acids is 1. The van der Waals surface area contributed by atoms with Gasteiger partial charge in [0.25, 0.3) is 0 Å². The molecule has 7 nitrogen and oxygen atoms in total. The zero-order valence-electron chi connectivity index (χ0n) is 20.6. The molecule has 1 heterocycles. The van der Waals surface area contributed by atoms with Gasteiger partial charge >= 0.3 is 12.1 Å². The van der Waals surface area contributed by atoms with Gasteiger partial charge in [0, 0.05) is 18.5 Å². The van der Waals surface area contributed by atoms with Gasteiger partial charge in [-0.15, -0.1) is 0 Å². The number of rotatable bonds is 10. The maximum atomic E-state index is 13.0. The maximum absolute atomic E-state index is 13.0. The highest BCUT2D eigenvalue weighted by Gasteiger charge is 2.42. The van der Waals surface area contributed by atoms with Crippen LogP contribution in [-0.2, 0) is 29.1 Å². The Labute approximate surface area is 218 Å². The Morgan fingerprint density at radius 3 is 2.32 bits per heavy atom. The zero-order chi connectivity index (χ0) is 27.3. The molecule has 3 aromatic rings. The van der Waals surface area contributed by atoms with Crippen LogP contribution in [0.3, 0.4) is 0 Å². The van der Waals surface area contributed by atoms with Crippen LogP contribution in [-0.4, -0.2) is 53.2 Å². The number of alkyl halides is 3. The lowest BCUT2D eigenvalue weighted by atomic mass is 9.91. The van der Waals surface area contributed by atoms with Gasteiger partial charge in [0.2, 0.25) is 0 Å². The molecule has 3 atom stereocenters. The molecule has 0 bridgehead atoms. The number of carboxylic acids is 1. The number of carboxylic acid groups (broad SMARTS) is 1. The Bertz CT molecular complexity index is 1220. The number of fused-ring (bicyclic) bond motifs is 1. The highest BCUT2D eigenvalue weighted by Crippen LogP contribution is 2.40. The van der Waals surface area contributed by atoms with Gasteiger partial charge < -0.3 is 24.4 Å². The summed E-state index contributed by atoms with van der Waals surface area (Å²) in [7, 11) is 1.48. The molecular weight excluding hydrogens is 503 g/mol. The first-order chi connectivity index (χ1) is 18.2. The fourth-order valence-electron chi connectivity index (χ4n) is 4.55. The summed E-state index contributed by atoms with van der Waals surface area (Å²) in [6.45, 7) is -1.43. The van der Waals surface area contributed by atoms with Crippen LogP contribution in [0.1, 0.15) is 28.4 Å². The van der Waals surface area contributed by atoms with Gasteiger partial charge in [-0.25, -0.2) is 0 Å². The van der Waals surface area contributed by atoms with Gasteiger partial charge in [-0.1, -0.05) is 66.7 Å². The third-order valence-electron chi connectivity index (χ3n) is 6.37. The molecule has 0 saturated carbocycles. The van der Waals surface area contributed by atoms with Crippen LogP contribution >= 0.6 is 0 Å². The smallest absolute Gasteiger partial charge is 0.411 e. The standard InChI is InChI=1S/C28H28F3NO6/c1-36-23-13-12-20-15-32(26(33)24(38-17-28(29,30)31)19-10-6-3-7-11-19)22(27(34)35)14-21(20)25(23)37-16-18-8-4-2-5-9-18/h2-13,22,24,26,33H,14-17H2,1H3,(H,34,35). The fourth-order valence-corrected chi connectivity index (χ4v) is 4.55. The second-order valence-electron chi connectivity index (χ2n) is 8.91. The summed E-state index contributed by atoms with van der Waals surface area (Å²) in [5.74, 6) is -0.426. The van der Waals surface area contributed by atoms with Crippen LogP contribution in [0.15, 0.2) is 72.8 Å². The summed E-state index contributed by atoms with van der Waals surface area (Å²) >= 11 is 0. The van der Waals surface area contributed by atoms with Crippen molar-refractivity contribution in [3.05, 3.63) is 95.1 Å². The van der Waals surface area contributed by atoms with E-state index in [4.69, 9.17) is 14.2 Å². The lowest BCUT2D eigenvalue weighted by molar-refractivity contribution is -0.214. The molecule has 0 aromatic heterocycles. The highest BCUT2D eigenvalue weighted by molar-refractivity contribution is 5.75. The second-order valence-corrected chi connectivity index (χ2v) is 8.91. The van der Waals surface area contributed by atoms with Gasteiger partial charge in [-0.2, -0.15) is 13.2 Å². The molecule has 0 amide bonds. The number of hydrogen-bond acceptors (Lipinski definition) is 6. The molecule has 3 unspecified atom stereocenters. The summed E-state index contributed by atoms with van der Waals surface area (Å²) in [5, 5.41) is 21.3. The Morgan fingerprint density at radius 1 is 1.05 bits per heavy atom. The van der Waals surface area contributed by atoms with E-state index in [1.165, 1.54) is 24.1 Å². The van der Waals surface area contributed by atoms with E-state index in [1.807, 2.05) is 30.3 Å². The molecule has 0 spiro atoms. The lowest BCUT2D eigenvalue weighted by Crippen LogP contribution is -2.53. The molecule has 0 fully saturated rings. The van der Waals surface area contributed by atoms with Crippen molar-refractivity contribution in [3.63, 3.8) is 0 Å². The molecule has 1 aliphatic rings. The van der Waals surface area contributed by atoms with Crippen molar-refractivity contribution in [3.8, 4) is 11.5 Å². The van der Waals surface area contributed by atoms with E-state index in [9.17, 15) is 28.2 Å². The predicted molar refractivity (Wildman–Crippen MR) is 132 cm³/mol. The quantitative estimate of drug-likeness (QED) is 0.391. The summed E-state index contributed by atoms with van der Waals surface area (Å²) in [5.41, 5.74) is 2.46. The largest absolute Gasteiger partial charge is 0.493 e. The number of hydrogen-bond donors (Lipinski definition) is 2. The predicted octanol–water partition coefficient (Wildman–Crippen LogP) is 4.72. The van der Waals surface area contributed by atoms with Crippen LogP contribution in [0, 0.1) is 0 Å². The third-order valence-corrected chi connectivity index (χ3v) is 6.37. The van der Waals surface area contributed by atoms with Crippen LogP contribution in [0.5, 0.6) is 11.5 Å². The average molecular weight is 532 g/mol. The summed E-state index contributed by atoms with van der Waals surface area (Å²) < 4.78 is 55.7. The molecule has 0 aliphatic carbocycles. The van der Waals surface area contributed by atoms with Gasteiger partial charge in [0.1, 0.15) is 31.6 Å². The first kappa shape index (κ1) is 27.4. The number of carbonyl (C=O) groups is 1. The van der Waals surface area contributed by atoms with Gasteiger partial charge in [0.15, 0.2) is 11.5 Å². The van der Waals surface area contributed by atoms with E-state index < -0.39 is 37.1 Å². The number of methoxy groups -OCH3 is 1. The molecule has 38 heavy (non-hydrogen) atoms. The summed E-state index contributed by atoms with van der Waals surface area (Å²) in [6.07, 6.45) is -7.81. The molecule has 0 saturated heterocycles. The first-order valence-electron chi connectivity index (χ1n) is 11.9. The van der Waals surface area contributed by atoms with Crippen molar-refractivity contribution in [1.29, 1.82) is 0 Å². The normalized spacial score (nSPS) is 17.3. The number of ether oxygens (including phenoxy) is 3. The summed E-state index contributed by atoms with van der Waals surface area (Å²) in [6, 6.07) is 19.5. The van der Waals surface area contributed by atoms with Crippen molar-refractivity contribution in [1.82, 2.24) is 4.90 Å². The van der Waals surface area contributed by atoms with E-state index >= 15 is 0 Å². The minimum atomic E-state index is -4.63. The molecule has 1 aliphatic heterocycles. The van der Waals surface area contributed by atoms with Crippen molar-refractivity contribution < 1.29 is 42.4 Å². The molecule has 3 aromatic carbocycles. The van der Waals surface area contributed by atoms with Crippen LogP contribution in [0.25, 0.3) is 0 Å². The Balaban J connectivity index is 1.66. The maximum Gasteiger partial charge on any atom is 0.411 e. The highest BCUT2D eigenvalue weighted by atomic mass is 19.4. The number of benzene rings is 3. The number of halogens is 3. The van der Waals surface area contributed by atoms with Crippen LogP contribution in [0.4, 0.5) is 13.2 Å². The van der Waals surface area contributed by atoms with E-state index in [0.29, 0.717) is 28.2 Å². The molecule has 4 rings (SSSR count). The lowest BCUT2D eigenvalue weighted by Gasteiger charge is -2.41. The van der Waals surface area contributed by atoms with E-state index in [2.05, 4.69) is 0 Å². The SMILES string of the molecule is COc1ccc2c(c1OCc1ccccc1)CC(C(=O)O)N(C(O)C(OCC(F)(F)F)c1ccccc1)C2. The van der Waals surface area contributed by atoms with Gasteiger partial charge in [0.05, 0.1) is 7.11 Å². The molecule has 10 heteroatoms. The summed E-state index contributed by atoms with van der Waals surface area (Å²) in [4.78, 5) is 13.6. The van der Waals surface area contributed by atoms with E-state index in [1.54, 1.807) is 30.3 Å². The second kappa shape index (κ2) is 11.8. The van der Waals surface area contributed by atoms with Gasteiger partial charge in [-0.05, 0) is 22.8 Å². The minimum absolute atomic E-state index is 0.0577. The van der Waals surface area contributed by atoms with Crippen LogP contribution < -0.4 is 9.47 Å². The number of aliphatic hydroxyl groups is 1. The van der Waals surface area contributed by atoms with Crippen molar-refractivity contribution in [2.24, 2.45) is 0 Å².